The number of carbonyl (C=O) groups excluding carboxylic acids is 1. The maximum Gasteiger partial charge on any atom is 0.353 e. The van der Waals surface area contributed by atoms with Gasteiger partial charge in [0, 0.05) is 10.7 Å². The van der Waals surface area contributed by atoms with Crippen LogP contribution in [0, 0.1) is 0 Å². The summed E-state index contributed by atoms with van der Waals surface area (Å²) in [6.07, 6.45) is 0.871. The second-order valence-corrected chi connectivity index (χ2v) is 5.91. The van der Waals surface area contributed by atoms with Gasteiger partial charge in [-0.1, -0.05) is 19.1 Å². The molecule has 0 heterocycles. The van der Waals surface area contributed by atoms with Crippen LogP contribution >= 0.6 is 10.7 Å². The number of benzene rings is 1. The molecule has 1 rings (SSSR count). The highest BCUT2D eigenvalue weighted by Gasteiger charge is 2.08. The van der Waals surface area contributed by atoms with Gasteiger partial charge < -0.3 is 4.74 Å². The summed E-state index contributed by atoms with van der Waals surface area (Å²) in [5.41, 5.74) is 1.79. The number of halogens is 1. The van der Waals surface area contributed by atoms with Crippen LogP contribution in [0.25, 0.3) is 0 Å². The van der Waals surface area contributed by atoms with Crippen LogP contribution in [0.4, 0.5) is 0 Å². The molecule has 0 unspecified atom stereocenters. The lowest BCUT2D eigenvalue weighted by molar-refractivity contribution is 0.0378. The number of hydrogen-bond acceptors (Lipinski definition) is 4. The summed E-state index contributed by atoms with van der Waals surface area (Å²) >= 11 is 0. The average Bonchev–Trinajstić information content (AvgIpc) is 2.26. The van der Waals surface area contributed by atoms with Crippen molar-refractivity contribution in [3.63, 3.8) is 0 Å². The minimum atomic E-state index is -4.19. The van der Waals surface area contributed by atoms with E-state index < -0.39 is 9.33 Å². The summed E-state index contributed by atoms with van der Waals surface area (Å²) in [7, 11) is -0.137. The third kappa shape index (κ3) is 10.5. The summed E-state index contributed by atoms with van der Waals surface area (Å²) in [6.45, 7) is 5.76. The standard InChI is InChI=1S/C12H16O2.ClHO3S/c1-4-10-6-5-7-11(8-10)12(13)14-9(2)3;1-5(2,3)4/h5-9H,4H2,1-3H3;(H,2,3,4). The Balaban J connectivity index is 0.000000555. The summed E-state index contributed by atoms with van der Waals surface area (Å²) in [4.78, 5) is 11.5. The molecular formula is C12H17ClO5S. The molecule has 0 amide bonds. The number of rotatable bonds is 3. The largest absolute Gasteiger partial charge is 0.459 e. The van der Waals surface area contributed by atoms with Crippen LogP contribution < -0.4 is 0 Å². The first kappa shape index (κ1) is 17.9. The zero-order valence-corrected chi connectivity index (χ0v) is 12.5. The fourth-order valence-electron chi connectivity index (χ4n) is 1.20. The van der Waals surface area contributed by atoms with E-state index in [-0.39, 0.29) is 12.1 Å². The first-order valence-electron chi connectivity index (χ1n) is 5.60. The van der Waals surface area contributed by atoms with Crippen LogP contribution in [0.1, 0.15) is 36.7 Å². The molecule has 0 spiro atoms. The first-order valence-corrected chi connectivity index (χ1v) is 7.87. The van der Waals surface area contributed by atoms with Gasteiger partial charge in [0.25, 0.3) is 0 Å². The van der Waals surface area contributed by atoms with Gasteiger partial charge in [0.2, 0.25) is 0 Å². The van der Waals surface area contributed by atoms with Gasteiger partial charge >= 0.3 is 15.3 Å². The van der Waals surface area contributed by atoms with Crippen molar-refractivity contribution in [2.75, 3.05) is 0 Å². The molecule has 0 fully saturated rings. The number of ether oxygens (including phenoxy) is 1. The van der Waals surface area contributed by atoms with Crippen molar-refractivity contribution >= 4 is 26.0 Å². The van der Waals surface area contributed by atoms with E-state index in [0.717, 1.165) is 12.0 Å². The van der Waals surface area contributed by atoms with E-state index >= 15 is 0 Å². The molecule has 0 aliphatic rings. The van der Waals surface area contributed by atoms with Crippen molar-refractivity contribution in [1.82, 2.24) is 0 Å². The number of carbonyl (C=O) groups is 1. The quantitative estimate of drug-likeness (QED) is 0.527. The fraction of sp³-hybridized carbons (Fsp3) is 0.417. The van der Waals surface area contributed by atoms with Gasteiger partial charge in [-0.15, -0.1) is 0 Å². The maximum atomic E-state index is 11.5. The van der Waals surface area contributed by atoms with Gasteiger partial charge in [0.05, 0.1) is 11.7 Å². The van der Waals surface area contributed by atoms with Crippen molar-refractivity contribution in [3.8, 4) is 0 Å². The summed E-state index contributed by atoms with van der Waals surface area (Å²) < 4.78 is 30.3. The Kier molecular flexibility index (Phi) is 7.66. The summed E-state index contributed by atoms with van der Waals surface area (Å²) in [5.74, 6) is -0.240. The van der Waals surface area contributed by atoms with Crippen molar-refractivity contribution < 1.29 is 22.5 Å². The molecule has 0 radical (unpaired) electrons. The Bertz CT molecular complexity index is 503. The van der Waals surface area contributed by atoms with E-state index in [1.165, 1.54) is 0 Å². The fourth-order valence-corrected chi connectivity index (χ4v) is 1.20. The van der Waals surface area contributed by atoms with Crippen molar-refractivity contribution in [2.24, 2.45) is 0 Å². The minimum Gasteiger partial charge on any atom is -0.459 e. The van der Waals surface area contributed by atoms with Crippen LogP contribution in [0.2, 0.25) is 0 Å². The molecule has 0 bridgehead atoms. The predicted octanol–water partition coefficient (Wildman–Crippen LogP) is 2.84. The van der Waals surface area contributed by atoms with Crippen LogP contribution in [-0.4, -0.2) is 25.0 Å². The molecular weight excluding hydrogens is 292 g/mol. The molecule has 0 saturated heterocycles. The maximum absolute atomic E-state index is 11.5. The molecule has 0 aliphatic carbocycles. The lowest BCUT2D eigenvalue weighted by atomic mass is 10.1. The molecule has 5 nitrogen and oxygen atoms in total. The average molecular weight is 309 g/mol. The Morgan fingerprint density at radius 3 is 2.37 bits per heavy atom. The lowest BCUT2D eigenvalue weighted by Gasteiger charge is -2.08. The van der Waals surface area contributed by atoms with E-state index in [1.54, 1.807) is 6.07 Å². The van der Waals surface area contributed by atoms with Crippen molar-refractivity contribution in [1.29, 1.82) is 0 Å². The molecule has 1 N–H and O–H groups in total. The number of aryl methyl sites for hydroxylation is 1. The van der Waals surface area contributed by atoms with E-state index in [1.807, 2.05) is 32.0 Å². The van der Waals surface area contributed by atoms with Gasteiger partial charge in [0.15, 0.2) is 0 Å². The van der Waals surface area contributed by atoms with Crippen LogP contribution in [0.15, 0.2) is 24.3 Å². The predicted molar refractivity (Wildman–Crippen MR) is 73.8 cm³/mol. The molecule has 0 aliphatic heterocycles. The van der Waals surface area contributed by atoms with Crippen LogP contribution in [0.5, 0.6) is 0 Å². The van der Waals surface area contributed by atoms with Crippen LogP contribution in [0.3, 0.4) is 0 Å². The second kappa shape index (κ2) is 8.14. The van der Waals surface area contributed by atoms with Gasteiger partial charge in [0.1, 0.15) is 0 Å². The number of esters is 1. The summed E-state index contributed by atoms with van der Waals surface area (Å²) in [5, 5.41) is 0. The van der Waals surface area contributed by atoms with E-state index in [4.69, 9.17) is 17.7 Å². The zero-order chi connectivity index (χ0) is 15.1. The van der Waals surface area contributed by atoms with Gasteiger partial charge in [-0.25, -0.2) is 4.79 Å². The highest BCUT2D eigenvalue weighted by atomic mass is 35.7. The highest BCUT2D eigenvalue weighted by Crippen LogP contribution is 2.08. The van der Waals surface area contributed by atoms with Gasteiger partial charge in [-0.2, -0.15) is 8.42 Å². The molecule has 0 aromatic heterocycles. The first-order chi connectivity index (χ1) is 8.63. The molecule has 0 saturated carbocycles. The van der Waals surface area contributed by atoms with Crippen molar-refractivity contribution in [2.45, 2.75) is 33.3 Å². The SMILES string of the molecule is CCc1cccc(C(=O)OC(C)C)c1.O=S(=O)(O)Cl. The second-order valence-electron chi connectivity index (χ2n) is 3.92. The van der Waals surface area contributed by atoms with Crippen LogP contribution in [-0.2, 0) is 20.5 Å². The Morgan fingerprint density at radius 2 is 1.95 bits per heavy atom. The van der Waals surface area contributed by atoms with Gasteiger partial charge in [-0.3, -0.25) is 4.55 Å². The Morgan fingerprint density at radius 1 is 1.42 bits per heavy atom. The summed E-state index contributed by atoms with van der Waals surface area (Å²) in [6, 6.07) is 7.55. The smallest absolute Gasteiger partial charge is 0.353 e. The van der Waals surface area contributed by atoms with Crippen molar-refractivity contribution in [3.05, 3.63) is 35.4 Å². The molecule has 1 aromatic rings. The normalized spacial score (nSPS) is 10.6. The minimum absolute atomic E-state index is 0.0622. The Hall–Kier alpha value is -1.11. The Labute approximate surface area is 117 Å². The third-order valence-electron chi connectivity index (χ3n) is 1.91. The molecule has 1 aromatic carbocycles. The highest BCUT2D eigenvalue weighted by molar-refractivity contribution is 8.09. The van der Waals surface area contributed by atoms with E-state index in [0.29, 0.717) is 5.56 Å². The molecule has 108 valence electrons. The third-order valence-corrected chi connectivity index (χ3v) is 1.91. The van der Waals surface area contributed by atoms with Gasteiger partial charge in [-0.05, 0) is 38.0 Å². The molecule has 7 heteroatoms. The lowest BCUT2D eigenvalue weighted by Crippen LogP contribution is -2.11. The van der Waals surface area contributed by atoms with E-state index in [2.05, 4.69) is 17.6 Å². The molecule has 0 atom stereocenters. The number of hydrogen-bond donors (Lipinski definition) is 1. The monoisotopic (exact) mass is 308 g/mol. The zero-order valence-electron chi connectivity index (χ0n) is 11.0. The molecule has 19 heavy (non-hydrogen) atoms. The van der Waals surface area contributed by atoms with E-state index in [9.17, 15) is 4.79 Å². The topological polar surface area (TPSA) is 80.7 Å².